The van der Waals surface area contributed by atoms with Crippen LogP contribution in [0.2, 0.25) is 0 Å². The van der Waals surface area contributed by atoms with E-state index in [4.69, 9.17) is 0 Å². The minimum absolute atomic E-state index is 0.930. The first kappa shape index (κ1) is 13.3. The average Bonchev–Trinajstić information content (AvgIpc) is 2.99. The highest BCUT2D eigenvalue weighted by atomic mass is 14.3. The summed E-state index contributed by atoms with van der Waals surface area (Å²) in [5.41, 5.74) is 4.56. The van der Waals surface area contributed by atoms with Crippen molar-refractivity contribution in [2.24, 2.45) is 5.92 Å². The molecule has 1 fully saturated rings. The normalized spacial score (nSPS) is 17.5. The highest BCUT2D eigenvalue weighted by Gasteiger charge is 2.22. The lowest BCUT2D eigenvalue weighted by atomic mass is 10.1. The molecule has 0 bridgehead atoms. The molecule has 1 saturated carbocycles. The summed E-state index contributed by atoms with van der Waals surface area (Å²) < 4.78 is 0. The predicted molar refractivity (Wildman–Crippen MR) is 73.5 cm³/mol. The Morgan fingerprint density at radius 1 is 1.00 bits per heavy atom. The second-order valence-electron chi connectivity index (χ2n) is 5.33. The Balaban J connectivity index is 2.22. The van der Waals surface area contributed by atoms with Crippen molar-refractivity contribution >= 4 is 0 Å². The summed E-state index contributed by atoms with van der Waals surface area (Å²) in [5, 5.41) is 0. The maximum atomic E-state index is 2.40. The summed E-state index contributed by atoms with van der Waals surface area (Å²) >= 11 is 0. The fourth-order valence-corrected chi connectivity index (χ4v) is 1.84. The van der Waals surface area contributed by atoms with Crippen LogP contribution >= 0.6 is 0 Å². The minimum atomic E-state index is 0.930. The van der Waals surface area contributed by atoms with Gasteiger partial charge in [0.2, 0.25) is 0 Å². The van der Waals surface area contributed by atoms with E-state index in [1.54, 1.807) is 5.57 Å². The fraction of sp³-hybridized carbons (Fsp3) is 0.625. The van der Waals surface area contributed by atoms with Crippen molar-refractivity contribution in [1.82, 2.24) is 0 Å². The molecule has 0 N–H and O–H groups in total. The van der Waals surface area contributed by atoms with Gasteiger partial charge >= 0.3 is 0 Å². The van der Waals surface area contributed by atoms with Gasteiger partial charge in [0.05, 0.1) is 0 Å². The van der Waals surface area contributed by atoms with E-state index in [0.29, 0.717) is 0 Å². The molecule has 0 aromatic carbocycles. The molecular formula is C16H26. The van der Waals surface area contributed by atoms with Gasteiger partial charge in [0.25, 0.3) is 0 Å². The van der Waals surface area contributed by atoms with Gasteiger partial charge in [0.1, 0.15) is 0 Å². The molecule has 1 rings (SSSR count). The number of hydrogen-bond acceptors (Lipinski definition) is 0. The zero-order chi connectivity index (χ0) is 12.0. The van der Waals surface area contributed by atoms with Crippen molar-refractivity contribution in [3.8, 4) is 0 Å². The molecule has 0 nitrogen and oxygen atoms in total. The van der Waals surface area contributed by atoms with Gasteiger partial charge in [-0.25, -0.2) is 0 Å². The Morgan fingerprint density at radius 2 is 1.69 bits per heavy atom. The molecular weight excluding hydrogens is 192 g/mol. The van der Waals surface area contributed by atoms with E-state index in [1.807, 2.05) is 0 Å². The van der Waals surface area contributed by atoms with Crippen LogP contribution in [0.5, 0.6) is 0 Å². The van der Waals surface area contributed by atoms with E-state index in [0.717, 1.165) is 12.3 Å². The van der Waals surface area contributed by atoms with Crippen LogP contribution in [0.1, 0.15) is 59.8 Å². The van der Waals surface area contributed by atoms with Gasteiger partial charge in [-0.05, 0) is 65.7 Å². The van der Waals surface area contributed by atoms with E-state index < -0.39 is 0 Å². The second kappa shape index (κ2) is 6.73. The lowest BCUT2D eigenvalue weighted by Gasteiger charge is -1.99. The molecule has 0 atom stereocenters. The first-order valence-electron chi connectivity index (χ1n) is 6.55. The monoisotopic (exact) mass is 218 g/mol. The van der Waals surface area contributed by atoms with Crippen LogP contribution in [0.3, 0.4) is 0 Å². The van der Waals surface area contributed by atoms with Gasteiger partial charge in [-0.15, -0.1) is 0 Å². The maximum absolute atomic E-state index is 2.40. The Bertz CT molecular complexity index is 294. The maximum Gasteiger partial charge on any atom is -0.0164 e. The van der Waals surface area contributed by atoms with Gasteiger partial charge in [0.15, 0.2) is 0 Å². The molecule has 1 aliphatic carbocycles. The van der Waals surface area contributed by atoms with E-state index in [1.165, 1.54) is 36.8 Å². The summed E-state index contributed by atoms with van der Waals surface area (Å²) in [4.78, 5) is 0. The van der Waals surface area contributed by atoms with Gasteiger partial charge < -0.3 is 0 Å². The van der Waals surface area contributed by atoms with E-state index in [-0.39, 0.29) is 0 Å². The average molecular weight is 218 g/mol. The van der Waals surface area contributed by atoms with Crippen LogP contribution < -0.4 is 0 Å². The molecule has 0 aromatic heterocycles. The van der Waals surface area contributed by atoms with Crippen LogP contribution in [-0.2, 0) is 0 Å². The van der Waals surface area contributed by atoms with Crippen LogP contribution in [0.15, 0.2) is 34.9 Å². The zero-order valence-electron chi connectivity index (χ0n) is 11.3. The molecule has 0 spiro atoms. The molecule has 0 amide bonds. The number of rotatable bonds is 6. The molecule has 16 heavy (non-hydrogen) atoms. The SMILES string of the molecule is CC(C)=CCCC(C)=CCC=C(C)C1CC1. The first-order valence-corrected chi connectivity index (χ1v) is 6.55. The molecule has 0 radical (unpaired) electrons. The first-order chi connectivity index (χ1) is 7.59. The Labute approximate surface area is 101 Å². The highest BCUT2D eigenvalue weighted by Crippen LogP contribution is 2.36. The van der Waals surface area contributed by atoms with Crippen LogP contribution in [0.4, 0.5) is 0 Å². The van der Waals surface area contributed by atoms with Gasteiger partial charge in [-0.3, -0.25) is 0 Å². The summed E-state index contributed by atoms with van der Waals surface area (Å²) in [7, 11) is 0. The second-order valence-corrected chi connectivity index (χ2v) is 5.33. The molecule has 0 heteroatoms. The van der Waals surface area contributed by atoms with Gasteiger partial charge in [-0.1, -0.05) is 34.9 Å². The van der Waals surface area contributed by atoms with E-state index in [9.17, 15) is 0 Å². The van der Waals surface area contributed by atoms with Gasteiger partial charge in [0, 0.05) is 0 Å². The van der Waals surface area contributed by atoms with Crippen LogP contribution in [-0.4, -0.2) is 0 Å². The fourth-order valence-electron chi connectivity index (χ4n) is 1.84. The third-order valence-electron chi connectivity index (χ3n) is 3.22. The van der Waals surface area contributed by atoms with Crippen LogP contribution in [0.25, 0.3) is 0 Å². The van der Waals surface area contributed by atoms with E-state index in [2.05, 4.69) is 45.9 Å². The zero-order valence-corrected chi connectivity index (χ0v) is 11.3. The van der Waals surface area contributed by atoms with Crippen molar-refractivity contribution in [3.63, 3.8) is 0 Å². The lowest BCUT2D eigenvalue weighted by Crippen LogP contribution is -1.79. The van der Waals surface area contributed by atoms with E-state index >= 15 is 0 Å². The summed E-state index contributed by atoms with van der Waals surface area (Å²) in [5.74, 6) is 0.930. The molecule has 0 saturated heterocycles. The van der Waals surface area contributed by atoms with Crippen molar-refractivity contribution in [1.29, 1.82) is 0 Å². The molecule has 1 aliphatic rings. The number of hydrogen-bond donors (Lipinski definition) is 0. The largest absolute Gasteiger partial charge is 0.0856 e. The standard InChI is InChI=1S/C16H26/c1-13(2)7-5-8-14(3)9-6-10-15(4)16-11-12-16/h7,9-10,16H,5-6,8,11-12H2,1-4H3. The molecule has 0 unspecified atom stereocenters. The summed E-state index contributed by atoms with van der Waals surface area (Å²) in [6.45, 7) is 8.87. The predicted octanol–water partition coefficient (Wildman–Crippen LogP) is 5.43. The summed E-state index contributed by atoms with van der Waals surface area (Å²) in [6, 6.07) is 0. The quantitative estimate of drug-likeness (QED) is 0.522. The highest BCUT2D eigenvalue weighted by molar-refractivity contribution is 5.13. The van der Waals surface area contributed by atoms with Crippen molar-refractivity contribution in [3.05, 3.63) is 34.9 Å². The van der Waals surface area contributed by atoms with Crippen molar-refractivity contribution in [2.75, 3.05) is 0 Å². The summed E-state index contributed by atoms with van der Waals surface area (Å²) in [6.07, 6.45) is 13.5. The molecule has 0 aliphatic heterocycles. The minimum Gasteiger partial charge on any atom is -0.0856 e. The molecule has 90 valence electrons. The smallest absolute Gasteiger partial charge is 0.0164 e. The third-order valence-corrected chi connectivity index (χ3v) is 3.22. The Kier molecular flexibility index (Phi) is 5.59. The van der Waals surface area contributed by atoms with Crippen LogP contribution in [0, 0.1) is 5.92 Å². The van der Waals surface area contributed by atoms with Crippen molar-refractivity contribution < 1.29 is 0 Å². The van der Waals surface area contributed by atoms with Crippen molar-refractivity contribution in [2.45, 2.75) is 59.8 Å². The van der Waals surface area contributed by atoms with Gasteiger partial charge in [-0.2, -0.15) is 0 Å². The molecule has 0 heterocycles. The third kappa shape index (κ3) is 5.95. The lowest BCUT2D eigenvalue weighted by molar-refractivity contribution is 0.952. The Hall–Kier alpha value is -0.780. The topological polar surface area (TPSA) is 0 Å². The number of allylic oxidation sites excluding steroid dienone is 6. The Morgan fingerprint density at radius 3 is 2.25 bits per heavy atom. The molecule has 0 aromatic rings.